The van der Waals surface area contributed by atoms with Gasteiger partial charge in [0.15, 0.2) is 11.5 Å². The van der Waals surface area contributed by atoms with Gasteiger partial charge in [-0.1, -0.05) is 41.9 Å². The number of fused-ring (bicyclic) bond motifs is 1. The van der Waals surface area contributed by atoms with E-state index in [4.69, 9.17) is 11.6 Å². The second-order valence-electron chi connectivity index (χ2n) is 8.53. The van der Waals surface area contributed by atoms with Gasteiger partial charge in [0.2, 0.25) is 0 Å². The molecular formula is C26H25ClN6O2. The van der Waals surface area contributed by atoms with Crippen LogP contribution in [0.3, 0.4) is 0 Å². The number of hydrogen-bond donors (Lipinski definition) is 2. The summed E-state index contributed by atoms with van der Waals surface area (Å²) in [5.41, 5.74) is 2.79. The summed E-state index contributed by atoms with van der Waals surface area (Å²) >= 11 is 5.90. The van der Waals surface area contributed by atoms with Gasteiger partial charge < -0.3 is 15.5 Å². The van der Waals surface area contributed by atoms with E-state index in [1.807, 2.05) is 47.4 Å². The van der Waals surface area contributed by atoms with E-state index in [1.54, 1.807) is 35.0 Å². The fourth-order valence-corrected chi connectivity index (χ4v) is 4.43. The first-order chi connectivity index (χ1) is 17.1. The Bertz CT molecular complexity index is 1380. The minimum absolute atomic E-state index is 0.00668. The minimum atomic E-state index is -0.258. The largest absolute Gasteiger partial charge is 0.352 e. The lowest BCUT2D eigenvalue weighted by Crippen LogP contribution is -2.47. The molecule has 0 aliphatic carbocycles. The molecule has 0 bridgehead atoms. The summed E-state index contributed by atoms with van der Waals surface area (Å²) < 4.78 is 1.69. The van der Waals surface area contributed by atoms with Crippen LogP contribution in [0.5, 0.6) is 0 Å². The van der Waals surface area contributed by atoms with E-state index in [9.17, 15) is 9.59 Å². The number of halogens is 1. The molecule has 35 heavy (non-hydrogen) atoms. The maximum absolute atomic E-state index is 13.5. The Labute approximate surface area is 207 Å². The number of rotatable bonds is 5. The number of pyridine rings is 1. The first-order valence-corrected chi connectivity index (χ1v) is 11.9. The average Bonchev–Trinajstić information content (AvgIpc) is 2.88. The van der Waals surface area contributed by atoms with E-state index in [0.717, 1.165) is 5.56 Å². The van der Waals surface area contributed by atoms with Crippen molar-refractivity contribution in [1.82, 2.24) is 19.9 Å². The predicted octanol–water partition coefficient (Wildman–Crippen LogP) is 4.28. The van der Waals surface area contributed by atoms with Crippen LogP contribution in [0, 0.1) is 0 Å². The quantitative estimate of drug-likeness (QED) is 0.437. The molecule has 0 atom stereocenters. The van der Waals surface area contributed by atoms with Crippen LogP contribution in [0.2, 0.25) is 5.02 Å². The minimum Gasteiger partial charge on any atom is -0.352 e. The third-order valence-electron chi connectivity index (χ3n) is 6.10. The zero-order valence-corrected chi connectivity index (χ0v) is 19.8. The summed E-state index contributed by atoms with van der Waals surface area (Å²) in [6, 6.07) is 20.3. The Morgan fingerprint density at radius 2 is 1.74 bits per heavy atom. The summed E-state index contributed by atoms with van der Waals surface area (Å²) in [5.74, 6) is 0.422. The van der Waals surface area contributed by atoms with Crippen molar-refractivity contribution in [3.8, 4) is 0 Å². The number of nitrogens with zero attached hydrogens (tertiary/aromatic N) is 4. The fraction of sp³-hybridized carbons (Fsp3) is 0.231. The van der Waals surface area contributed by atoms with Crippen LogP contribution in [0.15, 0.2) is 77.7 Å². The van der Waals surface area contributed by atoms with Gasteiger partial charge in [-0.3, -0.25) is 9.36 Å². The highest BCUT2D eigenvalue weighted by atomic mass is 35.5. The molecule has 1 aliphatic heterocycles. The maximum Gasteiger partial charge on any atom is 0.319 e. The van der Waals surface area contributed by atoms with E-state index >= 15 is 0 Å². The maximum atomic E-state index is 13.5. The van der Waals surface area contributed by atoms with Gasteiger partial charge in [0.25, 0.3) is 5.56 Å². The summed E-state index contributed by atoms with van der Waals surface area (Å²) in [4.78, 5) is 37.0. The Balaban J connectivity index is 1.30. The SMILES string of the molecule is O=C(Nc1ccc(Cl)cc1)NC1CCN(c2nc3cccnc3n(Cc3ccccc3)c2=O)CC1. The van der Waals surface area contributed by atoms with Crippen LogP contribution in [0.25, 0.3) is 11.2 Å². The number of nitrogens with one attached hydrogen (secondary N) is 2. The highest BCUT2D eigenvalue weighted by Gasteiger charge is 2.25. The molecule has 1 saturated heterocycles. The lowest BCUT2D eigenvalue weighted by atomic mass is 10.1. The molecule has 178 valence electrons. The van der Waals surface area contributed by atoms with Crippen LogP contribution in [0.4, 0.5) is 16.3 Å². The van der Waals surface area contributed by atoms with Crippen LogP contribution in [-0.4, -0.2) is 39.7 Å². The molecule has 0 saturated carbocycles. The summed E-state index contributed by atoms with van der Waals surface area (Å²) in [6.45, 7) is 1.65. The van der Waals surface area contributed by atoms with Gasteiger partial charge >= 0.3 is 6.03 Å². The molecule has 4 aromatic rings. The van der Waals surface area contributed by atoms with E-state index in [0.29, 0.717) is 60.2 Å². The molecule has 9 heteroatoms. The van der Waals surface area contributed by atoms with E-state index in [-0.39, 0.29) is 17.6 Å². The second kappa shape index (κ2) is 10.1. The molecule has 3 heterocycles. The third kappa shape index (κ3) is 5.27. The van der Waals surface area contributed by atoms with Crippen molar-refractivity contribution < 1.29 is 4.79 Å². The molecule has 2 aromatic heterocycles. The Morgan fingerprint density at radius 1 is 1.00 bits per heavy atom. The van der Waals surface area contributed by atoms with Gasteiger partial charge in [-0.05, 0) is 54.8 Å². The van der Waals surface area contributed by atoms with Gasteiger partial charge in [-0.25, -0.2) is 14.8 Å². The highest BCUT2D eigenvalue weighted by Crippen LogP contribution is 2.19. The standard InChI is InChI=1S/C26H25ClN6O2/c27-19-8-10-20(11-9-19)29-26(35)30-21-12-15-32(16-13-21)24-25(34)33(17-18-5-2-1-3-6-18)23-22(31-24)7-4-14-28-23/h1-11,14,21H,12-13,15-17H2,(H2,29,30,35). The van der Waals surface area contributed by atoms with Gasteiger partial charge in [-0.15, -0.1) is 0 Å². The normalized spacial score (nSPS) is 14.1. The van der Waals surface area contributed by atoms with Gasteiger partial charge in [0.1, 0.15) is 5.52 Å². The molecule has 2 amide bonds. The lowest BCUT2D eigenvalue weighted by Gasteiger charge is -2.33. The van der Waals surface area contributed by atoms with Crippen molar-refractivity contribution >= 4 is 40.3 Å². The number of aromatic nitrogens is 3. The molecule has 1 aliphatic rings. The Morgan fingerprint density at radius 3 is 2.49 bits per heavy atom. The second-order valence-corrected chi connectivity index (χ2v) is 8.96. The van der Waals surface area contributed by atoms with E-state index < -0.39 is 0 Å². The van der Waals surface area contributed by atoms with Crippen LogP contribution in [0.1, 0.15) is 18.4 Å². The molecule has 2 aromatic carbocycles. The van der Waals surface area contributed by atoms with Gasteiger partial charge in [0.05, 0.1) is 6.54 Å². The zero-order valence-electron chi connectivity index (χ0n) is 19.0. The number of piperidine rings is 1. The van der Waals surface area contributed by atoms with Crippen molar-refractivity contribution in [2.45, 2.75) is 25.4 Å². The van der Waals surface area contributed by atoms with Crippen molar-refractivity contribution in [3.63, 3.8) is 0 Å². The molecule has 8 nitrogen and oxygen atoms in total. The van der Waals surface area contributed by atoms with Crippen LogP contribution in [-0.2, 0) is 6.54 Å². The Hall–Kier alpha value is -3.91. The van der Waals surface area contributed by atoms with Crippen LogP contribution >= 0.6 is 11.6 Å². The number of hydrogen-bond acceptors (Lipinski definition) is 5. The number of anilines is 2. The number of carbonyl (C=O) groups excluding carboxylic acids is 1. The molecule has 5 rings (SSSR count). The summed E-state index contributed by atoms with van der Waals surface area (Å²) in [7, 11) is 0. The smallest absolute Gasteiger partial charge is 0.319 e. The highest BCUT2D eigenvalue weighted by molar-refractivity contribution is 6.30. The first-order valence-electron chi connectivity index (χ1n) is 11.5. The summed E-state index contributed by atoms with van der Waals surface area (Å²) in [5, 5.41) is 6.46. The lowest BCUT2D eigenvalue weighted by molar-refractivity contribution is 0.246. The van der Waals surface area contributed by atoms with Gasteiger partial charge in [-0.2, -0.15) is 0 Å². The number of carbonyl (C=O) groups is 1. The van der Waals surface area contributed by atoms with Crippen molar-refractivity contribution in [2.24, 2.45) is 0 Å². The molecule has 2 N–H and O–H groups in total. The molecule has 1 fully saturated rings. The predicted molar refractivity (Wildman–Crippen MR) is 138 cm³/mol. The number of urea groups is 1. The van der Waals surface area contributed by atoms with Gasteiger partial charge in [0, 0.05) is 36.0 Å². The molecule has 0 spiro atoms. The van der Waals surface area contributed by atoms with Crippen LogP contribution < -0.4 is 21.1 Å². The molecular weight excluding hydrogens is 464 g/mol. The van der Waals surface area contributed by atoms with Crippen molar-refractivity contribution in [1.29, 1.82) is 0 Å². The Kier molecular flexibility index (Phi) is 6.63. The van der Waals surface area contributed by atoms with E-state index in [1.165, 1.54) is 0 Å². The zero-order chi connectivity index (χ0) is 24.2. The monoisotopic (exact) mass is 488 g/mol. The summed E-state index contributed by atoms with van der Waals surface area (Å²) in [6.07, 6.45) is 3.09. The first kappa shape index (κ1) is 22.9. The van der Waals surface area contributed by atoms with E-state index in [2.05, 4.69) is 20.6 Å². The topological polar surface area (TPSA) is 92.2 Å². The van der Waals surface area contributed by atoms with Crippen molar-refractivity contribution in [2.75, 3.05) is 23.3 Å². The molecule has 0 radical (unpaired) electrons. The molecule has 0 unspecified atom stereocenters. The number of benzene rings is 2. The third-order valence-corrected chi connectivity index (χ3v) is 6.35. The average molecular weight is 489 g/mol. The number of amides is 2. The fourth-order valence-electron chi connectivity index (χ4n) is 4.30. The van der Waals surface area contributed by atoms with Crippen molar-refractivity contribution in [3.05, 3.63) is 93.9 Å².